The number of hydrogen-bond acceptors (Lipinski definition) is 3. The van der Waals surface area contributed by atoms with Gasteiger partial charge < -0.3 is 11.1 Å². The molecule has 0 bridgehead atoms. The molecule has 0 radical (unpaired) electrons. The molecule has 1 fully saturated rings. The SMILES string of the molecule is Nc1cnc(Cl)cc1C(=O)NC1CCCCC1. The minimum absolute atomic E-state index is 0.154. The maximum absolute atomic E-state index is 12.0. The van der Waals surface area contributed by atoms with Gasteiger partial charge in [-0.2, -0.15) is 0 Å². The van der Waals surface area contributed by atoms with E-state index in [2.05, 4.69) is 10.3 Å². The number of aromatic nitrogens is 1. The van der Waals surface area contributed by atoms with Gasteiger partial charge in [-0.3, -0.25) is 4.79 Å². The number of pyridine rings is 1. The van der Waals surface area contributed by atoms with E-state index >= 15 is 0 Å². The molecule has 1 saturated carbocycles. The Balaban J connectivity index is 2.05. The number of amides is 1. The van der Waals surface area contributed by atoms with E-state index in [1.54, 1.807) is 0 Å². The summed E-state index contributed by atoms with van der Waals surface area (Å²) >= 11 is 5.76. The molecule has 0 saturated heterocycles. The van der Waals surface area contributed by atoms with Gasteiger partial charge in [0.1, 0.15) is 5.15 Å². The first-order chi connectivity index (χ1) is 8.16. The molecule has 1 aliphatic carbocycles. The second kappa shape index (κ2) is 5.36. The first-order valence-electron chi connectivity index (χ1n) is 5.88. The Hall–Kier alpha value is -1.29. The van der Waals surface area contributed by atoms with Crippen LogP contribution in [0.4, 0.5) is 5.69 Å². The van der Waals surface area contributed by atoms with Gasteiger partial charge in [0.2, 0.25) is 0 Å². The van der Waals surface area contributed by atoms with Gasteiger partial charge in [0, 0.05) is 6.04 Å². The van der Waals surface area contributed by atoms with Crippen LogP contribution in [0.3, 0.4) is 0 Å². The van der Waals surface area contributed by atoms with Crippen molar-refractivity contribution < 1.29 is 4.79 Å². The largest absolute Gasteiger partial charge is 0.397 e. The van der Waals surface area contributed by atoms with Crippen LogP contribution in [-0.2, 0) is 0 Å². The van der Waals surface area contributed by atoms with Gasteiger partial charge in [0.05, 0.1) is 17.4 Å². The Morgan fingerprint density at radius 2 is 2.12 bits per heavy atom. The Kier molecular flexibility index (Phi) is 3.84. The van der Waals surface area contributed by atoms with E-state index in [0.29, 0.717) is 11.3 Å². The molecule has 3 N–H and O–H groups in total. The van der Waals surface area contributed by atoms with E-state index in [-0.39, 0.29) is 17.1 Å². The fourth-order valence-corrected chi connectivity index (χ4v) is 2.31. The fraction of sp³-hybridized carbons (Fsp3) is 0.500. The lowest BCUT2D eigenvalue weighted by Crippen LogP contribution is -2.36. The zero-order valence-corrected chi connectivity index (χ0v) is 10.3. The third-order valence-corrected chi connectivity index (χ3v) is 3.29. The topological polar surface area (TPSA) is 68.0 Å². The molecule has 1 aliphatic rings. The number of nitrogens with zero attached hydrogens (tertiary/aromatic N) is 1. The number of carbonyl (C=O) groups is 1. The summed E-state index contributed by atoms with van der Waals surface area (Å²) in [6, 6.07) is 1.78. The predicted molar refractivity (Wildman–Crippen MR) is 68.0 cm³/mol. The number of nitrogen functional groups attached to an aromatic ring is 1. The summed E-state index contributed by atoms with van der Waals surface area (Å²) in [5, 5.41) is 3.28. The van der Waals surface area contributed by atoms with Crippen LogP contribution in [-0.4, -0.2) is 16.9 Å². The van der Waals surface area contributed by atoms with Crippen molar-refractivity contribution in [2.24, 2.45) is 0 Å². The highest BCUT2D eigenvalue weighted by Gasteiger charge is 2.18. The highest BCUT2D eigenvalue weighted by Crippen LogP contribution is 2.19. The fourth-order valence-electron chi connectivity index (χ4n) is 2.15. The summed E-state index contributed by atoms with van der Waals surface area (Å²) in [7, 11) is 0. The lowest BCUT2D eigenvalue weighted by molar-refractivity contribution is 0.0928. The van der Waals surface area contributed by atoms with E-state index in [0.717, 1.165) is 12.8 Å². The molecule has 1 heterocycles. The maximum Gasteiger partial charge on any atom is 0.253 e. The molecule has 0 spiro atoms. The Morgan fingerprint density at radius 3 is 2.82 bits per heavy atom. The average molecular weight is 254 g/mol. The molecule has 0 aliphatic heterocycles. The molecule has 0 atom stereocenters. The van der Waals surface area contributed by atoms with Crippen molar-refractivity contribution in [1.82, 2.24) is 10.3 Å². The van der Waals surface area contributed by atoms with Crippen LogP contribution in [0.25, 0.3) is 0 Å². The smallest absolute Gasteiger partial charge is 0.253 e. The van der Waals surface area contributed by atoms with E-state index in [9.17, 15) is 4.79 Å². The van der Waals surface area contributed by atoms with Crippen LogP contribution >= 0.6 is 11.6 Å². The first kappa shape index (κ1) is 12.2. The number of halogens is 1. The summed E-state index contributed by atoms with van der Waals surface area (Å²) in [4.78, 5) is 15.8. The highest BCUT2D eigenvalue weighted by molar-refractivity contribution is 6.29. The molecule has 4 nitrogen and oxygen atoms in total. The third-order valence-electron chi connectivity index (χ3n) is 3.09. The normalized spacial score (nSPS) is 16.8. The van der Waals surface area contributed by atoms with Crippen LogP contribution in [0.2, 0.25) is 5.15 Å². The predicted octanol–water partition coefficient (Wildman–Crippen LogP) is 2.38. The minimum atomic E-state index is -0.154. The van der Waals surface area contributed by atoms with Gasteiger partial charge in [-0.25, -0.2) is 4.98 Å². The lowest BCUT2D eigenvalue weighted by Gasteiger charge is -2.23. The molecule has 1 amide bonds. The van der Waals surface area contributed by atoms with Crippen LogP contribution < -0.4 is 11.1 Å². The molecular weight excluding hydrogens is 238 g/mol. The quantitative estimate of drug-likeness (QED) is 0.795. The number of hydrogen-bond donors (Lipinski definition) is 2. The molecule has 1 aromatic heterocycles. The molecule has 0 unspecified atom stereocenters. The van der Waals surface area contributed by atoms with Crippen molar-refractivity contribution in [3.05, 3.63) is 23.0 Å². The van der Waals surface area contributed by atoms with Crippen molar-refractivity contribution in [3.63, 3.8) is 0 Å². The number of rotatable bonds is 2. The number of carbonyl (C=O) groups excluding carboxylic acids is 1. The molecule has 2 rings (SSSR count). The van der Waals surface area contributed by atoms with E-state index in [1.165, 1.54) is 31.5 Å². The summed E-state index contributed by atoms with van der Waals surface area (Å²) in [5.41, 5.74) is 6.49. The van der Waals surface area contributed by atoms with Gasteiger partial charge in [-0.15, -0.1) is 0 Å². The van der Waals surface area contributed by atoms with Crippen LogP contribution in [0.15, 0.2) is 12.3 Å². The summed E-state index contributed by atoms with van der Waals surface area (Å²) in [5.74, 6) is -0.154. The van der Waals surface area contributed by atoms with E-state index < -0.39 is 0 Å². The van der Waals surface area contributed by atoms with Crippen LogP contribution in [0.1, 0.15) is 42.5 Å². The van der Waals surface area contributed by atoms with Crippen molar-refractivity contribution in [3.8, 4) is 0 Å². The Bertz CT molecular complexity index is 416. The second-order valence-electron chi connectivity index (χ2n) is 4.40. The average Bonchev–Trinajstić information content (AvgIpc) is 2.33. The van der Waals surface area contributed by atoms with E-state index in [4.69, 9.17) is 17.3 Å². The van der Waals surface area contributed by atoms with Crippen molar-refractivity contribution in [1.29, 1.82) is 0 Å². The summed E-state index contributed by atoms with van der Waals surface area (Å²) in [6.07, 6.45) is 7.12. The van der Waals surface area contributed by atoms with Crippen molar-refractivity contribution >= 4 is 23.2 Å². The van der Waals surface area contributed by atoms with Crippen LogP contribution in [0.5, 0.6) is 0 Å². The number of nitrogens with two attached hydrogens (primary N) is 1. The van der Waals surface area contributed by atoms with Gasteiger partial charge in [0.25, 0.3) is 5.91 Å². The summed E-state index contributed by atoms with van der Waals surface area (Å²) in [6.45, 7) is 0. The molecule has 0 aromatic carbocycles. The lowest BCUT2D eigenvalue weighted by atomic mass is 9.95. The maximum atomic E-state index is 12.0. The van der Waals surface area contributed by atoms with Gasteiger partial charge in [-0.1, -0.05) is 30.9 Å². The molecule has 17 heavy (non-hydrogen) atoms. The van der Waals surface area contributed by atoms with Crippen molar-refractivity contribution in [2.45, 2.75) is 38.1 Å². The molecule has 5 heteroatoms. The Labute approximate surface area is 106 Å². The Morgan fingerprint density at radius 1 is 1.41 bits per heavy atom. The second-order valence-corrected chi connectivity index (χ2v) is 4.79. The third kappa shape index (κ3) is 3.09. The van der Waals surface area contributed by atoms with Crippen molar-refractivity contribution in [2.75, 3.05) is 5.73 Å². The summed E-state index contributed by atoms with van der Waals surface area (Å²) < 4.78 is 0. The molecular formula is C12H16ClN3O. The molecule has 1 aromatic rings. The van der Waals surface area contributed by atoms with Crippen LogP contribution in [0, 0.1) is 0 Å². The van der Waals surface area contributed by atoms with Gasteiger partial charge in [0.15, 0.2) is 0 Å². The zero-order chi connectivity index (χ0) is 12.3. The number of nitrogens with one attached hydrogen (secondary N) is 1. The number of anilines is 1. The molecule has 92 valence electrons. The highest BCUT2D eigenvalue weighted by atomic mass is 35.5. The zero-order valence-electron chi connectivity index (χ0n) is 9.58. The van der Waals surface area contributed by atoms with Gasteiger partial charge >= 0.3 is 0 Å². The van der Waals surface area contributed by atoms with Gasteiger partial charge in [-0.05, 0) is 18.9 Å². The monoisotopic (exact) mass is 253 g/mol. The standard InChI is InChI=1S/C12H16ClN3O/c13-11-6-9(10(14)7-15-11)12(17)16-8-4-2-1-3-5-8/h6-8H,1-5,14H2,(H,16,17). The van der Waals surface area contributed by atoms with E-state index in [1.807, 2.05) is 0 Å². The first-order valence-corrected chi connectivity index (χ1v) is 6.26. The minimum Gasteiger partial charge on any atom is -0.397 e.